The zero-order valence-electron chi connectivity index (χ0n) is 17.6. The van der Waals surface area contributed by atoms with E-state index in [-0.39, 0.29) is 6.42 Å². The summed E-state index contributed by atoms with van der Waals surface area (Å²) in [5, 5.41) is 15.7. The van der Waals surface area contributed by atoms with Crippen LogP contribution in [0.1, 0.15) is 69.8 Å². The van der Waals surface area contributed by atoms with Crippen molar-refractivity contribution in [1.29, 1.82) is 0 Å². The van der Waals surface area contributed by atoms with Gasteiger partial charge in [-0.15, -0.1) is 0 Å². The molecule has 162 valence electrons. The highest BCUT2D eigenvalue weighted by molar-refractivity contribution is 5.78. The third kappa shape index (κ3) is 9.31. The van der Waals surface area contributed by atoms with E-state index in [1.807, 2.05) is 6.07 Å². The van der Waals surface area contributed by atoms with Gasteiger partial charge in [-0.05, 0) is 63.4 Å². The molecule has 1 aromatic carbocycles. The summed E-state index contributed by atoms with van der Waals surface area (Å²) in [7, 11) is 1.17. The number of carboxylic acids is 1. The van der Waals surface area contributed by atoms with E-state index in [4.69, 9.17) is 0 Å². The van der Waals surface area contributed by atoms with E-state index in [9.17, 15) is 14.7 Å². The smallest absolute Gasteiger partial charge is 0.407 e. The van der Waals surface area contributed by atoms with E-state index < -0.39 is 18.1 Å². The molecule has 0 aromatic heterocycles. The van der Waals surface area contributed by atoms with E-state index in [0.29, 0.717) is 0 Å². The molecule has 1 aromatic rings. The van der Waals surface area contributed by atoms with Crippen molar-refractivity contribution in [3.63, 3.8) is 0 Å². The van der Waals surface area contributed by atoms with Gasteiger partial charge in [-0.3, -0.25) is 0 Å². The number of rotatable bonds is 6. The second kappa shape index (κ2) is 13.2. The minimum Gasteiger partial charge on any atom is -0.548 e. The summed E-state index contributed by atoms with van der Waals surface area (Å²) in [4.78, 5) is 21.7. The second-order valence-corrected chi connectivity index (χ2v) is 8.19. The van der Waals surface area contributed by atoms with Gasteiger partial charge in [0.1, 0.15) is 0 Å². The highest BCUT2D eigenvalue weighted by atomic mass is 16.5. The second-order valence-electron chi connectivity index (χ2n) is 8.19. The van der Waals surface area contributed by atoms with Gasteiger partial charge in [-0.1, -0.05) is 43.2 Å². The molecule has 0 heterocycles. The molecule has 6 heteroatoms. The summed E-state index contributed by atoms with van der Waals surface area (Å²) >= 11 is 0. The van der Waals surface area contributed by atoms with Crippen molar-refractivity contribution in [1.82, 2.24) is 5.32 Å². The first kappa shape index (κ1) is 23.2. The van der Waals surface area contributed by atoms with Crippen molar-refractivity contribution in [3.8, 4) is 0 Å². The average molecular weight is 405 g/mol. The largest absolute Gasteiger partial charge is 0.548 e. The van der Waals surface area contributed by atoms with Gasteiger partial charge in [0.25, 0.3) is 0 Å². The predicted octanol–water partition coefficient (Wildman–Crippen LogP) is 1.92. The number of hydrogen-bond acceptors (Lipinski definition) is 4. The number of hydrogen-bond donors (Lipinski definition) is 2. The van der Waals surface area contributed by atoms with E-state index in [1.54, 1.807) is 24.3 Å². The van der Waals surface area contributed by atoms with Crippen molar-refractivity contribution >= 4 is 12.1 Å². The monoisotopic (exact) mass is 404 g/mol. The first-order valence-electron chi connectivity index (χ1n) is 11.0. The van der Waals surface area contributed by atoms with Gasteiger partial charge in [-0.25, -0.2) is 4.79 Å². The van der Waals surface area contributed by atoms with Crippen molar-refractivity contribution < 1.29 is 24.7 Å². The van der Waals surface area contributed by atoms with Gasteiger partial charge in [-0.2, -0.15) is 0 Å². The Balaban J connectivity index is 0.000000211. The summed E-state index contributed by atoms with van der Waals surface area (Å²) in [6.07, 6.45) is 14.3. The number of quaternary nitrogens is 1. The lowest BCUT2D eigenvalue weighted by atomic mass is 9.91. The Morgan fingerprint density at radius 3 is 1.97 bits per heavy atom. The molecule has 2 aliphatic carbocycles. The Morgan fingerprint density at radius 2 is 1.52 bits per heavy atom. The number of amides is 1. The fraction of sp³-hybridized carbons (Fsp3) is 0.652. The Labute approximate surface area is 174 Å². The first-order chi connectivity index (χ1) is 14.1. The summed E-state index contributed by atoms with van der Waals surface area (Å²) in [6.45, 7) is 0. The molecule has 0 bridgehead atoms. The quantitative estimate of drug-likeness (QED) is 0.757. The SMILES string of the molecule is C1CCC([NH2+]C2CCCCC2)CC1.COC(=O)N[C@H](Cc1ccccc1)C(=O)[O-]. The highest BCUT2D eigenvalue weighted by Crippen LogP contribution is 2.18. The van der Waals surface area contributed by atoms with E-state index in [0.717, 1.165) is 17.6 Å². The fourth-order valence-electron chi connectivity index (χ4n) is 4.28. The van der Waals surface area contributed by atoms with Crippen LogP contribution < -0.4 is 15.7 Å². The van der Waals surface area contributed by atoms with E-state index in [2.05, 4.69) is 15.4 Å². The lowest BCUT2D eigenvalue weighted by Crippen LogP contribution is -2.95. The summed E-state index contributed by atoms with van der Waals surface area (Å²) in [5.74, 6) is -1.34. The zero-order chi connectivity index (χ0) is 20.9. The van der Waals surface area contributed by atoms with E-state index in [1.165, 1.54) is 71.3 Å². The number of methoxy groups -OCH3 is 1. The molecular formula is C23H36N2O4. The number of carboxylic acid groups (broad SMARTS) is 1. The van der Waals surface area contributed by atoms with Crippen LogP contribution in [0.2, 0.25) is 0 Å². The maximum Gasteiger partial charge on any atom is 0.407 e. The number of alkyl carbamates (subject to hydrolysis) is 1. The maximum atomic E-state index is 10.9. The molecule has 0 saturated heterocycles. The van der Waals surface area contributed by atoms with Crippen LogP contribution in [0.25, 0.3) is 0 Å². The number of carbonyl (C=O) groups excluding carboxylic acids is 2. The molecule has 2 aliphatic rings. The number of benzene rings is 1. The molecule has 29 heavy (non-hydrogen) atoms. The van der Waals surface area contributed by atoms with E-state index >= 15 is 0 Å². The van der Waals surface area contributed by atoms with Gasteiger partial charge in [0.15, 0.2) is 0 Å². The van der Waals surface area contributed by atoms with Crippen LogP contribution in [-0.2, 0) is 16.0 Å². The Hall–Kier alpha value is -2.08. The zero-order valence-corrected chi connectivity index (χ0v) is 17.6. The number of carbonyl (C=O) groups is 2. The number of aliphatic carboxylic acids is 1. The number of nitrogens with two attached hydrogens (primary N) is 1. The van der Waals surface area contributed by atoms with Gasteiger partial charge in [0.2, 0.25) is 0 Å². The van der Waals surface area contributed by atoms with Gasteiger partial charge in [0.05, 0.1) is 31.2 Å². The van der Waals surface area contributed by atoms with Gasteiger partial charge < -0.3 is 25.3 Å². The van der Waals surface area contributed by atoms with Crippen LogP contribution in [0.5, 0.6) is 0 Å². The fourth-order valence-corrected chi connectivity index (χ4v) is 4.28. The van der Waals surface area contributed by atoms with Gasteiger partial charge >= 0.3 is 6.09 Å². The minimum atomic E-state index is -1.34. The lowest BCUT2D eigenvalue weighted by molar-refractivity contribution is -0.725. The third-order valence-electron chi connectivity index (χ3n) is 5.89. The molecule has 3 N–H and O–H groups in total. The van der Waals surface area contributed by atoms with Crippen LogP contribution in [0.3, 0.4) is 0 Å². The normalized spacial score (nSPS) is 18.8. The van der Waals surface area contributed by atoms with Crippen molar-refractivity contribution in [3.05, 3.63) is 35.9 Å². The Morgan fingerprint density at radius 1 is 1.00 bits per heavy atom. The lowest BCUT2D eigenvalue weighted by Gasteiger charge is -2.27. The first-order valence-corrected chi connectivity index (χ1v) is 11.0. The standard InChI is InChI=1S/C12H23N.C11H13NO4/c1-3-7-11(8-4-1)13-12-9-5-2-6-10-12;1-16-11(15)12-9(10(13)14)7-8-5-3-2-4-6-8/h11-13H,1-10H2;2-6,9H,7H2,1H3,(H,12,15)(H,13,14)/t;9-/m.1/s1. The van der Waals surface area contributed by atoms with Crippen LogP contribution >= 0.6 is 0 Å². The summed E-state index contributed by atoms with van der Waals surface area (Å²) in [5.41, 5.74) is 0.799. The minimum absolute atomic E-state index is 0.165. The Kier molecular flexibility index (Phi) is 10.6. The molecular weight excluding hydrogens is 368 g/mol. The molecule has 0 radical (unpaired) electrons. The van der Waals surface area contributed by atoms with Crippen molar-refractivity contribution in [2.24, 2.45) is 0 Å². The average Bonchev–Trinajstić information content (AvgIpc) is 2.76. The molecule has 0 spiro atoms. The maximum absolute atomic E-state index is 10.9. The summed E-state index contributed by atoms with van der Waals surface area (Å²) in [6, 6.07) is 9.86. The third-order valence-corrected chi connectivity index (χ3v) is 5.89. The molecule has 0 unspecified atom stereocenters. The van der Waals surface area contributed by atoms with Crippen LogP contribution in [0, 0.1) is 0 Å². The number of nitrogens with one attached hydrogen (secondary N) is 1. The number of ether oxygens (including phenoxy) is 1. The van der Waals surface area contributed by atoms with Crippen LogP contribution in [-0.4, -0.2) is 37.3 Å². The van der Waals surface area contributed by atoms with Crippen molar-refractivity contribution in [2.45, 2.75) is 88.8 Å². The summed E-state index contributed by atoms with van der Waals surface area (Å²) < 4.78 is 4.33. The Bertz CT molecular complexity index is 580. The molecule has 2 fully saturated rings. The van der Waals surface area contributed by atoms with Crippen molar-refractivity contribution in [2.75, 3.05) is 7.11 Å². The molecule has 2 saturated carbocycles. The molecule has 1 amide bonds. The topological polar surface area (TPSA) is 95.1 Å². The molecule has 6 nitrogen and oxygen atoms in total. The molecule has 3 rings (SSSR count). The van der Waals surface area contributed by atoms with Gasteiger partial charge in [0, 0.05) is 0 Å². The van der Waals surface area contributed by atoms with Crippen LogP contribution in [0.15, 0.2) is 30.3 Å². The predicted molar refractivity (Wildman–Crippen MR) is 110 cm³/mol. The molecule has 1 atom stereocenters. The van der Waals surface area contributed by atoms with Crippen LogP contribution in [0.4, 0.5) is 4.79 Å². The molecule has 0 aliphatic heterocycles. The highest BCUT2D eigenvalue weighted by Gasteiger charge is 2.22.